The highest BCUT2D eigenvalue weighted by Gasteiger charge is 2.23. The topological polar surface area (TPSA) is 86.3 Å². The van der Waals surface area contributed by atoms with Gasteiger partial charge in [0.2, 0.25) is 0 Å². The molecule has 0 aliphatic rings. The Balaban J connectivity index is 3.03. The highest BCUT2D eigenvalue weighted by Crippen LogP contribution is 2.20. The quantitative estimate of drug-likeness (QED) is 0.820. The molecule has 1 rings (SSSR count). The number of amides is 1. The zero-order valence-corrected chi connectivity index (χ0v) is 10.4. The number of carbonyl (C=O) groups is 2. The summed E-state index contributed by atoms with van der Waals surface area (Å²) in [7, 11) is 1.47. The first kappa shape index (κ1) is 13.2. The van der Waals surface area contributed by atoms with Crippen LogP contribution in [0.25, 0.3) is 0 Å². The molecule has 0 spiro atoms. The summed E-state index contributed by atoms with van der Waals surface area (Å²) < 4.78 is 0. The molecule has 1 aromatic heterocycles. The van der Waals surface area contributed by atoms with Crippen molar-refractivity contribution in [2.24, 2.45) is 0 Å². The molecule has 0 aliphatic carbocycles. The maximum absolute atomic E-state index is 12.1. The van der Waals surface area contributed by atoms with E-state index in [9.17, 15) is 9.59 Å². The predicted octanol–water partition coefficient (Wildman–Crippen LogP) is 0.998. The molecule has 0 unspecified atom stereocenters. The number of likely N-dealkylation sites (N-methyl/N-ethyl adjacent to an activating group) is 1. The molecule has 1 amide bonds. The normalized spacial score (nSPS) is 10.6. The molecule has 0 fully saturated rings. The predicted molar refractivity (Wildman–Crippen MR) is 62.0 cm³/mol. The first-order valence-electron chi connectivity index (χ1n) is 5.36. The van der Waals surface area contributed by atoms with Gasteiger partial charge in [-0.1, -0.05) is 13.8 Å². The van der Waals surface area contributed by atoms with Gasteiger partial charge in [0.15, 0.2) is 0 Å². The zero-order chi connectivity index (χ0) is 13.2. The molecule has 94 valence electrons. The molecule has 0 bridgehead atoms. The maximum Gasteiger partial charge on any atom is 0.323 e. The molecule has 0 radical (unpaired) electrons. The molecule has 0 saturated carbocycles. The van der Waals surface area contributed by atoms with Crippen LogP contribution >= 0.6 is 0 Å². The summed E-state index contributed by atoms with van der Waals surface area (Å²) in [4.78, 5) is 23.8. The van der Waals surface area contributed by atoms with Crippen LogP contribution in [0.3, 0.4) is 0 Å². The Kier molecular flexibility index (Phi) is 3.88. The van der Waals surface area contributed by atoms with E-state index in [1.54, 1.807) is 6.92 Å². The lowest BCUT2D eigenvalue weighted by Gasteiger charge is -2.15. The number of hydrogen-bond donors (Lipinski definition) is 2. The Labute approximate surface area is 99.6 Å². The third-order valence-corrected chi connectivity index (χ3v) is 2.46. The van der Waals surface area contributed by atoms with Crippen LogP contribution in [0.4, 0.5) is 0 Å². The zero-order valence-electron chi connectivity index (χ0n) is 10.4. The fourth-order valence-corrected chi connectivity index (χ4v) is 1.60. The number of rotatable bonds is 4. The number of carboxylic acids is 1. The van der Waals surface area contributed by atoms with E-state index in [4.69, 9.17) is 5.11 Å². The number of hydrogen-bond acceptors (Lipinski definition) is 3. The van der Waals surface area contributed by atoms with Gasteiger partial charge in [0.05, 0.1) is 11.3 Å². The molecular weight excluding hydrogens is 222 g/mol. The lowest BCUT2D eigenvalue weighted by Crippen LogP contribution is -2.32. The third-order valence-electron chi connectivity index (χ3n) is 2.46. The van der Waals surface area contributed by atoms with E-state index >= 15 is 0 Å². The van der Waals surface area contributed by atoms with Crippen LogP contribution in [0, 0.1) is 6.92 Å². The fraction of sp³-hybridized carbons (Fsp3) is 0.545. The summed E-state index contributed by atoms with van der Waals surface area (Å²) in [6, 6.07) is 0. The van der Waals surface area contributed by atoms with Crippen molar-refractivity contribution in [3.05, 3.63) is 17.0 Å². The Morgan fingerprint density at radius 3 is 2.53 bits per heavy atom. The average molecular weight is 239 g/mol. The van der Waals surface area contributed by atoms with Crippen LogP contribution in [-0.4, -0.2) is 45.7 Å². The van der Waals surface area contributed by atoms with Gasteiger partial charge < -0.3 is 10.0 Å². The number of carboxylic acid groups (broad SMARTS) is 1. The summed E-state index contributed by atoms with van der Waals surface area (Å²) >= 11 is 0. The monoisotopic (exact) mass is 239 g/mol. The molecule has 6 heteroatoms. The van der Waals surface area contributed by atoms with Crippen LogP contribution in [-0.2, 0) is 4.79 Å². The van der Waals surface area contributed by atoms with Crippen LogP contribution in [0.5, 0.6) is 0 Å². The molecule has 1 aromatic rings. The number of nitrogens with zero attached hydrogens (tertiary/aromatic N) is 2. The summed E-state index contributed by atoms with van der Waals surface area (Å²) in [6.45, 7) is 5.30. The van der Waals surface area contributed by atoms with Gasteiger partial charge in [0.1, 0.15) is 6.54 Å². The van der Waals surface area contributed by atoms with Gasteiger partial charge in [-0.15, -0.1) is 0 Å². The van der Waals surface area contributed by atoms with E-state index in [1.807, 2.05) is 13.8 Å². The van der Waals surface area contributed by atoms with Crippen molar-refractivity contribution in [1.29, 1.82) is 0 Å². The minimum atomic E-state index is -1.03. The summed E-state index contributed by atoms with van der Waals surface area (Å²) in [5, 5.41) is 15.5. The molecule has 0 saturated heterocycles. The molecule has 17 heavy (non-hydrogen) atoms. The van der Waals surface area contributed by atoms with Crippen molar-refractivity contribution in [1.82, 2.24) is 15.1 Å². The number of carbonyl (C=O) groups excluding carboxylic acids is 1. The number of aromatic nitrogens is 2. The lowest BCUT2D eigenvalue weighted by atomic mass is 10.0. The van der Waals surface area contributed by atoms with E-state index in [1.165, 1.54) is 11.9 Å². The standard InChI is InChI=1S/C11H17N3O3/c1-6(2)10-9(7(3)12-13-10)11(17)14(4)5-8(15)16/h6H,5H2,1-4H3,(H,12,13)(H,15,16). The van der Waals surface area contributed by atoms with Gasteiger partial charge in [0.25, 0.3) is 5.91 Å². The minimum absolute atomic E-state index is 0.108. The van der Waals surface area contributed by atoms with Crippen LogP contribution in [0.1, 0.15) is 41.5 Å². The summed E-state index contributed by atoms with van der Waals surface area (Å²) in [5.41, 5.74) is 1.81. The second-order valence-electron chi connectivity index (χ2n) is 4.32. The second kappa shape index (κ2) is 4.99. The molecule has 1 heterocycles. The lowest BCUT2D eigenvalue weighted by molar-refractivity contribution is -0.137. The van der Waals surface area contributed by atoms with Crippen molar-refractivity contribution in [3.8, 4) is 0 Å². The Morgan fingerprint density at radius 2 is 2.06 bits per heavy atom. The SMILES string of the molecule is Cc1[nH]nc(C(C)C)c1C(=O)N(C)CC(=O)O. The van der Waals surface area contributed by atoms with Crippen LogP contribution in [0.2, 0.25) is 0 Å². The highest BCUT2D eigenvalue weighted by molar-refractivity contribution is 5.97. The highest BCUT2D eigenvalue weighted by atomic mass is 16.4. The van der Waals surface area contributed by atoms with E-state index in [2.05, 4.69) is 10.2 Å². The van der Waals surface area contributed by atoms with Crippen molar-refractivity contribution in [2.45, 2.75) is 26.7 Å². The molecule has 0 atom stereocenters. The molecule has 2 N–H and O–H groups in total. The molecule has 0 aliphatic heterocycles. The number of aryl methyl sites for hydroxylation is 1. The van der Waals surface area contributed by atoms with Crippen molar-refractivity contribution < 1.29 is 14.7 Å². The largest absolute Gasteiger partial charge is 0.480 e. The molecule has 0 aromatic carbocycles. The third kappa shape index (κ3) is 2.83. The van der Waals surface area contributed by atoms with Gasteiger partial charge in [-0.25, -0.2) is 0 Å². The first-order chi connectivity index (χ1) is 7.84. The summed E-state index contributed by atoms with van der Waals surface area (Å²) in [5.74, 6) is -1.24. The van der Waals surface area contributed by atoms with Crippen molar-refractivity contribution >= 4 is 11.9 Å². The first-order valence-corrected chi connectivity index (χ1v) is 5.36. The number of nitrogens with one attached hydrogen (secondary N) is 1. The second-order valence-corrected chi connectivity index (χ2v) is 4.32. The molecular formula is C11H17N3O3. The Morgan fingerprint density at radius 1 is 1.47 bits per heavy atom. The number of aliphatic carboxylic acids is 1. The van der Waals surface area contributed by atoms with E-state index in [0.29, 0.717) is 17.0 Å². The van der Waals surface area contributed by atoms with Gasteiger partial charge in [-0.05, 0) is 12.8 Å². The Bertz CT molecular complexity index is 437. The smallest absolute Gasteiger partial charge is 0.323 e. The van der Waals surface area contributed by atoms with E-state index in [0.717, 1.165) is 0 Å². The van der Waals surface area contributed by atoms with Crippen LogP contribution < -0.4 is 0 Å². The average Bonchev–Trinajstić information content (AvgIpc) is 2.58. The van der Waals surface area contributed by atoms with E-state index in [-0.39, 0.29) is 18.4 Å². The van der Waals surface area contributed by atoms with Gasteiger partial charge >= 0.3 is 5.97 Å². The van der Waals surface area contributed by atoms with Gasteiger partial charge in [-0.2, -0.15) is 5.10 Å². The number of H-pyrrole nitrogens is 1. The number of aromatic amines is 1. The van der Waals surface area contributed by atoms with Gasteiger partial charge in [0, 0.05) is 12.7 Å². The van der Waals surface area contributed by atoms with Crippen molar-refractivity contribution in [3.63, 3.8) is 0 Å². The fourth-order valence-electron chi connectivity index (χ4n) is 1.60. The van der Waals surface area contributed by atoms with Gasteiger partial charge in [-0.3, -0.25) is 14.7 Å². The summed E-state index contributed by atoms with van der Waals surface area (Å²) in [6.07, 6.45) is 0. The molecule has 6 nitrogen and oxygen atoms in total. The van der Waals surface area contributed by atoms with Crippen molar-refractivity contribution in [2.75, 3.05) is 13.6 Å². The van der Waals surface area contributed by atoms with Crippen LogP contribution in [0.15, 0.2) is 0 Å². The maximum atomic E-state index is 12.1. The van der Waals surface area contributed by atoms with E-state index < -0.39 is 5.97 Å². The minimum Gasteiger partial charge on any atom is -0.480 e. The Hall–Kier alpha value is -1.85.